The summed E-state index contributed by atoms with van der Waals surface area (Å²) in [6.07, 6.45) is 1.85. The van der Waals surface area contributed by atoms with E-state index in [1.807, 2.05) is 54.6 Å². The third-order valence-electron chi connectivity index (χ3n) is 3.68. The predicted octanol–water partition coefficient (Wildman–Crippen LogP) is 3.14. The average Bonchev–Trinajstić information content (AvgIpc) is 3.15. The van der Waals surface area contributed by atoms with Crippen LogP contribution in [0.3, 0.4) is 0 Å². The van der Waals surface area contributed by atoms with Crippen LogP contribution in [0, 0.1) is 0 Å². The highest BCUT2D eigenvalue weighted by molar-refractivity contribution is 9.10. The van der Waals surface area contributed by atoms with Gasteiger partial charge in [-0.1, -0.05) is 39.4 Å². The Morgan fingerprint density at radius 2 is 2.00 bits per heavy atom. The van der Waals surface area contributed by atoms with Gasteiger partial charge in [0.25, 0.3) is 5.56 Å². The number of benzene rings is 2. The summed E-state index contributed by atoms with van der Waals surface area (Å²) in [5.41, 5.74) is 1.63. The van der Waals surface area contributed by atoms with E-state index in [1.165, 1.54) is 15.9 Å². The van der Waals surface area contributed by atoms with Crippen molar-refractivity contribution in [1.29, 1.82) is 0 Å². The summed E-state index contributed by atoms with van der Waals surface area (Å²) in [5, 5.41) is 4.35. The van der Waals surface area contributed by atoms with Crippen LogP contribution < -0.4 is 14.8 Å². The maximum atomic E-state index is 12.6. The van der Waals surface area contributed by atoms with Crippen LogP contribution in [-0.2, 0) is 0 Å². The number of nitrogens with zero attached hydrogens (tertiary/aromatic N) is 3. The molecular weight excluding hydrogens is 402 g/mol. The van der Waals surface area contributed by atoms with Crippen LogP contribution in [0.15, 0.2) is 57.8 Å². The fourth-order valence-corrected chi connectivity index (χ4v) is 3.77. The van der Waals surface area contributed by atoms with Crippen LogP contribution in [0.5, 0.6) is 5.75 Å². The van der Waals surface area contributed by atoms with Crippen molar-refractivity contribution in [3.8, 4) is 17.1 Å². The Balaban J connectivity index is 1.77. The molecular formula is C18H12BrN3O2S. The Morgan fingerprint density at radius 1 is 1.20 bits per heavy atom. The topological polar surface area (TPSA) is 56.5 Å². The lowest BCUT2D eigenvalue weighted by atomic mass is 10.2. The maximum Gasteiger partial charge on any atom is 0.291 e. The molecule has 0 aliphatic rings. The lowest BCUT2D eigenvalue weighted by molar-refractivity contribution is 0.415. The van der Waals surface area contributed by atoms with Gasteiger partial charge in [-0.2, -0.15) is 9.50 Å². The molecule has 0 saturated heterocycles. The minimum absolute atomic E-state index is 0.160. The molecule has 0 unspecified atom stereocenters. The summed E-state index contributed by atoms with van der Waals surface area (Å²) < 4.78 is 8.08. The third kappa shape index (κ3) is 3.08. The Hall–Kier alpha value is -2.51. The van der Waals surface area contributed by atoms with Gasteiger partial charge in [-0.05, 0) is 48.0 Å². The van der Waals surface area contributed by atoms with Gasteiger partial charge in [0.2, 0.25) is 4.96 Å². The molecule has 2 aromatic carbocycles. The van der Waals surface area contributed by atoms with Crippen LogP contribution in [-0.4, -0.2) is 21.7 Å². The number of hydrogen-bond acceptors (Lipinski definition) is 5. The molecule has 0 fully saturated rings. The van der Waals surface area contributed by atoms with Crippen molar-refractivity contribution in [1.82, 2.24) is 14.6 Å². The zero-order valence-corrected chi connectivity index (χ0v) is 15.5. The first-order valence-electron chi connectivity index (χ1n) is 7.45. The Kier molecular flexibility index (Phi) is 4.10. The van der Waals surface area contributed by atoms with Crippen molar-refractivity contribution in [2.24, 2.45) is 0 Å². The quantitative estimate of drug-likeness (QED) is 0.517. The molecule has 0 saturated carbocycles. The van der Waals surface area contributed by atoms with E-state index in [0.717, 1.165) is 21.3 Å². The molecule has 2 aromatic heterocycles. The fraction of sp³-hybridized carbons (Fsp3) is 0.0556. The van der Waals surface area contributed by atoms with E-state index in [2.05, 4.69) is 26.0 Å². The molecule has 0 bridgehead atoms. The molecule has 4 rings (SSSR count). The van der Waals surface area contributed by atoms with E-state index in [-0.39, 0.29) is 5.56 Å². The summed E-state index contributed by atoms with van der Waals surface area (Å²) in [4.78, 5) is 17.6. The minimum Gasteiger partial charge on any atom is -0.497 e. The molecule has 0 N–H and O–H groups in total. The molecule has 0 spiro atoms. The van der Waals surface area contributed by atoms with Crippen LogP contribution in [0.25, 0.3) is 22.4 Å². The van der Waals surface area contributed by atoms with E-state index in [1.54, 1.807) is 7.11 Å². The van der Waals surface area contributed by atoms with E-state index in [4.69, 9.17) is 4.74 Å². The fourth-order valence-electron chi connectivity index (χ4n) is 2.44. The van der Waals surface area contributed by atoms with Gasteiger partial charge in [0.1, 0.15) is 5.75 Å². The number of methoxy groups -OCH3 is 1. The normalized spacial score (nSPS) is 12.0. The monoisotopic (exact) mass is 413 g/mol. The highest BCUT2D eigenvalue weighted by Crippen LogP contribution is 2.20. The predicted molar refractivity (Wildman–Crippen MR) is 102 cm³/mol. The molecule has 25 heavy (non-hydrogen) atoms. The Morgan fingerprint density at radius 3 is 2.68 bits per heavy atom. The van der Waals surface area contributed by atoms with Crippen LogP contribution in [0.2, 0.25) is 0 Å². The van der Waals surface area contributed by atoms with Crippen molar-refractivity contribution < 1.29 is 4.74 Å². The molecule has 0 atom stereocenters. The van der Waals surface area contributed by atoms with Gasteiger partial charge in [0.05, 0.1) is 11.6 Å². The Labute approximate surface area is 155 Å². The first kappa shape index (κ1) is 16.0. The number of ether oxygens (including phenoxy) is 1. The first-order chi connectivity index (χ1) is 12.1. The average molecular weight is 414 g/mol. The standard InChI is InChI=1S/C18H12BrN3O2S/c1-24-14-7-5-12(6-8-14)16-20-18-22(21-16)17(23)15(25-18)10-11-3-2-4-13(19)9-11/h2-10H,1H3. The summed E-state index contributed by atoms with van der Waals surface area (Å²) in [7, 11) is 1.62. The van der Waals surface area contributed by atoms with Crippen LogP contribution in [0.4, 0.5) is 0 Å². The second-order valence-corrected chi connectivity index (χ2v) is 7.25. The van der Waals surface area contributed by atoms with Crippen LogP contribution >= 0.6 is 27.3 Å². The lowest BCUT2D eigenvalue weighted by Crippen LogP contribution is -2.23. The summed E-state index contributed by atoms with van der Waals surface area (Å²) in [6, 6.07) is 15.2. The number of halogens is 1. The number of aromatic nitrogens is 3. The van der Waals surface area contributed by atoms with E-state index in [0.29, 0.717) is 15.3 Å². The summed E-state index contributed by atoms with van der Waals surface area (Å²) >= 11 is 4.76. The summed E-state index contributed by atoms with van der Waals surface area (Å²) in [5.74, 6) is 1.29. The molecule has 7 heteroatoms. The maximum absolute atomic E-state index is 12.6. The highest BCUT2D eigenvalue weighted by Gasteiger charge is 2.12. The smallest absolute Gasteiger partial charge is 0.291 e. The van der Waals surface area contributed by atoms with Crippen molar-refractivity contribution in [3.63, 3.8) is 0 Å². The SMILES string of the molecule is COc1ccc(-c2nc3sc(=Cc4cccc(Br)c4)c(=O)n3n2)cc1. The van der Waals surface area contributed by atoms with Gasteiger partial charge in [-0.15, -0.1) is 5.10 Å². The zero-order chi connectivity index (χ0) is 17.4. The largest absolute Gasteiger partial charge is 0.497 e. The molecule has 2 heterocycles. The van der Waals surface area contributed by atoms with Crippen molar-refractivity contribution in [2.75, 3.05) is 7.11 Å². The van der Waals surface area contributed by atoms with E-state index < -0.39 is 0 Å². The Bertz CT molecular complexity index is 1170. The first-order valence-corrected chi connectivity index (χ1v) is 9.06. The van der Waals surface area contributed by atoms with Gasteiger partial charge in [0.15, 0.2) is 5.82 Å². The number of hydrogen-bond donors (Lipinski definition) is 0. The molecule has 0 aliphatic heterocycles. The van der Waals surface area contributed by atoms with Gasteiger partial charge in [0, 0.05) is 10.0 Å². The number of fused-ring (bicyclic) bond motifs is 1. The van der Waals surface area contributed by atoms with Crippen molar-refractivity contribution in [3.05, 3.63) is 73.5 Å². The van der Waals surface area contributed by atoms with Crippen LogP contribution in [0.1, 0.15) is 5.56 Å². The zero-order valence-electron chi connectivity index (χ0n) is 13.1. The van der Waals surface area contributed by atoms with Gasteiger partial charge in [-0.25, -0.2) is 0 Å². The number of thiazole rings is 1. The van der Waals surface area contributed by atoms with E-state index >= 15 is 0 Å². The second kappa shape index (κ2) is 6.42. The van der Waals surface area contributed by atoms with Gasteiger partial charge >= 0.3 is 0 Å². The van der Waals surface area contributed by atoms with Gasteiger partial charge < -0.3 is 4.74 Å². The lowest BCUT2D eigenvalue weighted by Gasteiger charge is -1.99. The number of rotatable bonds is 3. The van der Waals surface area contributed by atoms with Crippen molar-refractivity contribution >= 4 is 38.3 Å². The molecule has 124 valence electrons. The van der Waals surface area contributed by atoms with E-state index in [9.17, 15) is 4.79 Å². The second-order valence-electron chi connectivity index (χ2n) is 5.33. The molecule has 0 radical (unpaired) electrons. The molecule has 5 nitrogen and oxygen atoms in total. The molecule has 0 aliphatic carbocycles. The third-order valence-corrected chi connectivity index (χ3v) is 5.13. The summed E-state index contributed by atoms with van der Waals surface area (Å²) in [6.45, 7) is 0. The van der Waals surface area contributed by atoms with Crippen molar-refractivity contribution in [2.45, 2.75) is 0 Å². The highest BCUT2D eigenvalue weighted by atomic mass is 79.9. The molecule has 4 aromatic rings. The minimum atomic E-state index is -0.160. The van der Waals surface area contributed by atoms with Gasteiger partial charge in [-0.3, -0.25) is 4.79 Å². The molecule has 0 amide bonds.